The number of aliphatic imine (C=N–C) groups is 1. The molecule has 0 spiro atoms. The Morgan fingerprint density at radius 2 is 2.33 bits per heavy atom. The summed E-state index contributed by atoms with van der Waals surface area (Å²) in [6.07, 6.45) is 1.58. The highest BCUT2D eigenvalue weighted by Crippen LogP contribution is 1.73. The number of nitrogens with zero attached hydrogens (tertiary/aromatic N) is 3. The molecule has 0 aromatic heterocycles. The van der Waals surface area contributed by atoms with Gasteiger partial charge in [0.1, 0.15) is 0 Å². The van der Waals surface area contributed by atoms with Crippen LogP contribution < -0.4 is 0 Å². The largest absolute Gasteiger partial charge is 0.289 e. The van der Waals surface area contributed by atoms with Gasteiger partial charge in [-0.25, -0.2) is 0 Å². The molecule has 0 radical (unpaired) electrons. The van der Waals surface area contributed by atoms with Crippen LogP contribution in [0.3, 0.4) is 0 Å². The van der Waals surface area contributed by atoms with Crippen molar-refractivity contribution in [2.45, 2.75) is 13.8 Å². The zero-order valence-corrected chi connectivity index (χ0v) is 5.83. The van der Waals surface area contributed by atoms with Crippen LogP contribution in [0.25, 0.3) is 0 Å². The molecule has 0 atom stereocenters. The molecule has 0 rings (SSSR count). The van der Waals surface area contributed by atoms with E-state index in [0.717, 1.165) is 12.3 Å². The Balaban J connectivity index is 3.74. The van der Waals surface area contributed by atoms with Gasteiger partial charge in [0.2, 0.25) is 0 Å². The van der Waals surface area contributed by atoms with E-state index in [1.54, 1.807) is 6.21 Å². The maximum Gasteiger partial charge on any atom is 0.0703 e. The van der Waals surface area contributed by atoms with Crippen molar-refractivity contribution in [3.05, 3.63) is 0 Å². The van der Waals surface area contributed by atoms with Crippen LogP contribution in [0, 0.1) is 0 Å². The zero-order chi connectivity index (χ0) is 7.11. The van der Waals surface area contributed by atoms with Gasteiger partial charge in [-0.2, -0.15) is 10.2 Å². The highest BCUT2D eigenvalue weighted by Gasteiger charge is 1.78. The second-order valence-electron chi connectivity index (χ2n) is 1.50. The van der Waals surface area contributed by atoms with Crippen LogP contribution in [-0.4, -0.2) is 25.2 Å². The Hall–Kier alpha value is -0.990. The summed E-state index contributed by atoms with van der Waals surface area (Å²) < 4.78 is 0. The first-order valence-corrected chi connectivity index (χ1v) is 2.81. The van der Waals surface area contributed by atoms with E-state index in [-0.39, 0.29) is 0 Å². The van der Waals surface area contributed by atoms with Crippen LogP contribution in [0.4, 0.5) is 0 Å². The summed E-state index contributed by atoms with van der Waals surface area (Å²) in [5, 5.41) is 6.84. The molecule has 0 bridgehead atoms. The smallest absolute Gasteiger partial charge is 0.0703 e. The molecule has 0 aliphatic heterocycles. The second-order valence-corrected chi connectivity index (χ2v) is 1.50. The lowest BCUT2D eigenvalue weighted by Gasteiger charge is -1.84. The summed E-state index contributed by atoms with van der Waals surface area (Å²) in [5.41, 5.74) is 0.880. The predicted octanol–water partition coefficient (Wildman–Crippen LogP) is 1.15. The van der Waals surface area contributed by atoms with Gasteiger partial charge in [-0.05, 0) is 13.8 Å². The van der Waals surface area contributed by atoms with E-state index in [4.69, 9.17) is 0 Å². The fourth-order valence-electron chi connectivity index (χ4n) is 0.415. The third-order valence-corrected chi connectivity index (χ3v) is 0.734. The van der Waals surface area contributed by atoms with E-state index in [1.165, 1.54) is 0 Å². The van der Waals surface area contributed by atoms with Crippen molar-refractivity contribution in [1.82, 2.24) is 0 Å². The molecule has 3 heteroatoms. The Morgan fingerprint density at radius 1 is 1.67 bits per heavy atom. The molecule has 0 aromatic rings. The molecule has 0 aromatic carbocycles. The molecular formula is C6H11N3. The molecule has 0 unspecified atom stereocenters. The normalized spacial score (nSPS) is 12.4. The standard InChI is InChI=1S/C6H11N3/c1-4-8-6(2)5-9-7-3/h5H,3-4H2,1-2H3/b8-6?,9-5+. The Bertz CT molecular complexity index is 135. The van der Waals surface area contributed by atoms with Crippen molar-refractivity contribution in [2.75, 3.05) is 6.54 Å². The first kappa shape index (κ1) is 8.01. The maximum atomic E-state index is 4.04. The van der Waals surface area contributed by atoms with Crippen molar-refractivity contribution in [3.8, 4) is 0 Å². The van der Waals surface area contributed by atoms with Crippen molar-refractivity contribution >= 4 is 18.6 Å². The van der Waals surface area contributed by atoms with Gasteiger partial charge in [0, 0.05) is 13.3 Å². The molecular weight excluding hydrogens is 114 g/mol. The molecule has 0 fully saturated rings. The topological polar surface area (TPSA) is 37.1 Å². The van der Waals surface area contributed by atoms with Gasteiger partial charge in [0.15, 0.2) is 0 Å². The lowest BCUT2D eigenvalue weighted by molar-refractivity contribution is 1.13. The van der Waals surface area contributed by atoms with Gasteiger partial charge in [0.05, 0.1) is 11.9 Å². The van der Waals surface area contributed by atoms with Gasteiger partial charge >= 0.3 is 0 Å². The SMILES string of the molecule is C=N/N=C/C(C)=NCC. The third kappa shape index (κ3) is 4.87. The molecule has 0 N–H and O–H groups in total. The van der Waals surface area contributed by atoms with Crippen LogP contribution in [0.2, 0.25) is 0 Å². The molecule has 0 amide bonds. The van der Waals surface area contributed by atoms with Crippen LogP contribution in [0.5, 0.6) is 0 Å². The Labute approximate surface area is 55.2 Å². The Morgan fingerprint density at radius 3 is 2.78 bits per heavy atom. The van der Waals surface area contributed by atoms with E-state index in [2.05, 4.69) is 21.9 Å². The lowest BCUT2D eigenvalue weighted by Crippen LogP contribution is -1.91. The fourth-order valence-corrected chi connectivity index (χ4v) is 0.415. The van der Waals surface area contributed by atoms with Crippen molar-refractivity contribution in [1.29, 1.82) is 0 Å². The third-order valence-electron chi connectivity index (χ3n) is 0.734. The Kier molecular flexibility index (Phi) is 4.59. The van der Waals surface area contributed by atoms with Gasteiger partial charge in [-0.1, -0.05) is 0 Å². The summed E-state index contributed by atoms with van der Waals surface area (Å²) in [6.45, 7) is 7.82. The predicted molar refractivity (Wildman–Crippen MR) is 41.7 cm³/mol. The van der Waals surface area contributed by atoms with Crippen LogP contribution in [0.1, 0.15) is 13.8 Å². The van der Waals surface area contributed by atoms with Crippen LogP contribution in [-0.2, 0) is 0 Å². The molecule has 50 valence electrons. The highest BCUT2D eigenvalue weighted by molar-refractivity contribution is 6.29. The molecule has 9 heavy (non-hydrogen) atoms. The van der Waals surface area contributed by atoms with Gasteiger partial charge in [0.25, 0.3) is 0 Å². The van der Waals surface area contributed by atoms with Crippen molar-refractivity contribution in [3.63, 3.8) is 0 Å². The van der Waals surface area contributed by atoms with E-state index in [0.29, 0.717) is 0 Å². The molecule has 0 saturated heterocycles. The number of rotatable bonds is 3. The number of hydrogen-bond donors (Lipinski definition) is 0. The minimum Gasteiger partial charge on any atom is -0.289 e. The summed E-state index contributed by atoms with van der Waals surface area (Å²) in [7, 11) is 0. The summed E-state index contributed by atoms with van der Waals surface area (Å²) in [4.78, 5) is 4.04. The van der Waals surface area contributed by atoms with Gasteiger partial charge in [-0.15, -0.1) is 0 Å². The minimum atomic E-state index is 0.787. The molecule has 0 aliphatic rings. The summed E-state index contributed by atoms with van der Waals surface area (Å²) in [6, 6.07) is 0. The lowest BCUT2D eigenvalue weighted by atomic mass is 10.5. The zero-order valence-electron chi connectivity index (χ0n) is 5.83. The molecule has 0 aliphatic carbocycles. The quantitative estimate of drug-likeness (QED) is 0.401. The fraction of sp³-hybridized carbons (Fsp3) is 0.500. The monoisotopic (exact) mass is 125 g/mol. The second kappa shape index (κ2) is 5.15. The average molecular weight is 125 g/mol. The van der Waals surface area contributed by atoms with Gasteiger partial charge in [-0.3, -0.25) is 4.99 Å². The molecule has 3 nitrogen and oxygen atoms in total. The van der Waals surface area contributed by atoms with Crippen LogP contribution in [0.15, 0.2) is 15.2 Å². The summed E-state index contributed by atoms with van der Waals surface area (Å²) in [5.74, 6) is 0. The highest BCUT2D eigenvalue weighted by atomic mass is 15.2. The minimum absolute atomic E-state index is 0.787. The first-order valence-electron chi connectivity index (χ1n) is 2.81. The van der Waals surface area contributed by atoms with Gasteiger partial charge < -0.3 is 0 Å². The summed E-state index contributed by atoms with van der Waals surface area (Å²) >= 11 is 0. The number of hydrogen-bond acceptors (Lipinski definition) is 3. The molecule has 0 saturated carbocycles. The average Bonchev–Trinajstić information content (AvgIpc) is 1.85. The van der Waals surface area contributed by atoms with Crippen LogP contribution >= 0.6 is 0 Å². The van der Waals surface area contributed by atoms with E-state index in [9.17, 15) is 0 Å². The van der Waals surface area contributed by atoms with Crippen molar-refractivity contribution in [2.24, 2.45) is 15.2 Å². The van der Waals surface area contributed by atoms with E-state index < -0.39 is 0 Å². The molecule has 0 heterocycles. The van der Waals surface area contributed by atoms with E-state index >= 15 is 0 Å². The van der Waals surface area contributed by atoms with Crippen molar-refractivity contribution < 1.29 is 0 Å². The van der Waals surface area contributed by atoms with E-state index in [1.807, 2.05) is 13.8 Å². The maximum absolute atomic E-state index is 4.04. The first-order chi connectivity index (χ1) is 4.31.